The molecule has 1 aromatic rings. The van der Waals surface area contributed by atoms with E-state index in [-0.39, 0.29) is 12.5 Å². The summed E-state index contributed by atoms with van der Waals surface area (Å²) < 4.78 is 20.1. The van der Waals surface area contributed by atoms with E-state index in [0.717, 1.165) is 4.90 Å². The van der Waals surface area contributed by atoms with Gasteiger partial charge in [0.05, 0.1) is 45.8 Å². The van der Waals surface area contributed by atoms with Crippen molar-refractivity contribution in [2.75, 3.05) is 27.9 Å². The first-order chi connectivity index (χ1) is 13.7. The van der Waals surface area contributed by atoms with Crippen molar-refractivity contribution < 1.29 is 38.4 Å². The second-order valence-electron chi connectivity index (χ2n) is 7.04. The van der Waals surface area contributed by atoms with Crippen molar-refractivity contribution in [1.82, 2.24) is 4.90 Å². The first kappa shape index (κ1) is 22.5. The number of hydrogen-bond donors (Lipinski definition) is 1. The van der Waals surface area contributed by atoms with Gasteiger partial charge in [-0.2, -0.15) is 0 Å². The van der Waals surface area contributed by atoms with Crippen LogP contribution in [0.1, 0.15) is 31.9 Å². The SMILES string of the molecule is COC(=O)C[C@H](C(=O)N1C(=O)OC[C@@H]1C(C)C)[C@H](O)c1ccc(OC)c(OC)c1. The van der Waals surface area contributed by atoms with Crippen LogP contribution < -0.4 is 9.47 Å². The molecule has 9 nitrogen and oxygen atoms in total. The van der Waals surface area contributed by atoms with Crippen LogP contribution in [0.2, 0.25) is 0 Å². The molecule has 0 radical (unpaired) electrons. The van der Waals surface area contributed by atoms with Crippen LogP contribution in [0.5, 0.6) is 11.5 Å². The van der Waals surface area contributed by atoms with Gasteiger partial charge >= 0.3 is 12.1 Å². The van der Waals surface area contributed by atoms with Crippen LogP contribution in [0.25, 0.3) is 0 Å². The molecule has 1 heterocycles. The fourth-order valence-corrected chi connectivity index (χ4v) is 3.22. The number of esters is 1. The van der Waals surface area contributed by atoms with E-state index in [1.807, 2.05) is 13.8 Å². The fraction of sp³-hybridized carbons (Fsp3) is 0.550. The number of ether oxygens (including phenoxy) is 4. The average molecular weight is 409 g/mol. The second kappa shape index (κ2) is 9.60. The molecule has 0 aromatic heterocycles. The number of cyclic esters (lactones) is 1. The van der Waals surface area contributed by atoms with Crippen molar-refractivity contribution in [3.63, 3.8) is 0 Å². The summed E-state index contributed by atoms with van der Waals surface area (Å²) in [5.74, 6) is -1.87. The standard InChI is InChI=1S/C20H27NO8/c1-11(2)14-10-29-20(25)21(14)19(24)13(9-17(22)28-5)18(23)12-6-7-15(26-3)16(8-12)27-4/h6-8,11,13-14,18,23H,9-10H2,1-5H3/t13-,14+,18+/m0/s1. The third-order valence-electron chi connectivity index (χ3n) is 4.97. The molecule has 3 atom stereocenters. The summed E-state index contributed by atoms with van der Waals surface area (Å²) in [4.78, 5) is 38.3. The smallest absolute Gasteiger partial charge is 0.416 e. The van der Waals surface area contributed by atoms with Crippen molar-refractivity contribution in [1.29, 1.82) is 0 Å². The van der Waals surface area contributed by atoms with Gasteiger partial charge in [0.2, 0.25) is 5.91 Å². The van der Waals surface area contributed by atoms with E-state index in [2.05, 4.69) is 4.74 Å². The summed E-state index contributed by atoms with van der Waals surface area (Å²) in [5.41, 5.74) is 0.332. The Morgan fingerprint density at radius 3 is 2.41 bits per heavy atom. The third-order valence-corrected chi connectivity index (χ3v) is 4.97. The number of hydrogen-bond acceptors (Lipinski definition) is 8. The molecule has 1 aliphatic rings. The largest absolute Gasteiger partial charge is 0.493 e. The second-order valence-corrected chi connectivity index (χ2v) is 7.04. The minimum atomic E-state index is -1.39. The molecule has 0 aliphatic carbocycles. The zero-order valence-corrected chi connectivity index (χ0v) is 17.2. The third kappa shape index (κ3) is 4.79. The van der Waals surface area contributed by atoms with Crippen LogP contribution in [0.3, 0.4) is 0 Å². The molecular weight excluding hydrogens is 382 g/mol. The molecule has 1 saturated heterocycles. The molecule has 2 amide bonds. The van der Waals surface area contributed by atoms with E-state index in [9.17, 15) is 19.5 Å². The number of nitrogens with zero attached hydrogens (tertiary/aromatic N) is 1. The molecule has 29 heavy (non-hydrogen) atoms. The number of benzene rings is 1. The van der Waals surface area contributed by atoms with Gasteiger partial charge in [-0.3, -0.25) is 9.59 Å². The minimum absolute atomic E-state index is 0.0533. The number of rotatable bonds is 8. The molecule has 1 aliphatic heterocycles. The number of aliphatic hydroxyl groups excluding tert-OH is 1. The van der Waals surface area contributed by atoms with Gasteiger partial charge in [-0.15, -0.1) is 0 Å². The summed E-state index contributed by atoms with van der Waals surface area (Å²) in [6.07, 6.45) is -2.58. The van der Waals surface area contributed by atoms with E-state index in [1.165, 1.54) is 27.4 Å². The Morgan fingerprint density at radius 1 is 1.21 bits per heavy atom. The lowest BCUT2D eigenvalue weighted by Gasteiger charge is -2.29. The maximum absolute atomic E-state index is 13.2. The summed E-state index contributed by atoms with van der Waals surface area (Å²) in [6.45, 7) is 3.78. The molecule has 1 fully saturated rings. The van der Waals surface area contributed by atoms with Gasteiger partial charge in [0.25, 0.3) is 0 Å². The molecule has 2 rings (SSSR count). The predicted molar refractivity (Wildman–Crippen MR) is 101 cm³/mol. The number of amides is 2. The number of methoxy groups -OCH3 is 3. The van der Waals surface area contributed by atoms with Gasteiger partial charge in [-0.1, -0.05) is 19.9 Å². The summed E-state index contributed by atoms with van der Waals surface area (Å²) in [7, 11) is 4.11. The van der Waals surface area contributed by atoms with Crippen molar-refractivity contribution in [2.45, 2.75) is 32.4 Å². The minimum Gasteiger partial charge on any atom is -0.493 e. The first-order valence-corrected chi connectivity index (χ1v) is 9.21. The molecule has 1 aromatic carbocycles. The Hall–Kier alpha value is -2.81. The van der Waals surface area contributed by atoms with E-state index in [4.69, 9.17) is 14.2 Å². The molecule has 0 bridgehead atoms. The number of aliphatic hydroxyl groups is 1. The van der Waals surface area contributed by atoms with Crippen molar-refractivity contribution in [2.24, 2.45) is 11.8 Å². The van der Waals surface area contributed by atoms with E-state index >= 15 is 0 Å². The molecule has 0 unspecified atom stereocenters. The highest BCUT2D eigenvalue weighted by Gasteiger charge is 2.45. The van der Waals surface area contributed by atoms with Gasteiger partial charge < -0.3 is 24.1 Å². The topological polar surface area (TPSA) is 112 Å². The van der Waals surface area contributed by atoms with Crippen molar-refractivity contribution in [3.05, 3.63) is 23.8 Å². The van der Waals surface area contributed by atoms with Crippen molar-refractivity contribution >= 4 is 18.0 Å². The van der Waals surface area contributed by atoms with Gasteiger partial charge in [0, 0.05) is 0 Å². The van der Waals surface area contributed by atoms with E-state index in [0.29, 0.717) is 17.1 Å². The van der Waals surface area contributed by atoms with E-state index in [1.54, 1.807) is 12.1 Å². The first-order valence-electron chi connectivity index (χ1n) is 9.21. The molecule has 160 valence electrons. The monoisotopic (exact) mass is 409 g/mol. The number of carbonyl (C=O) groups is 3. The van der Waals surface area contributed by atoms with Gasteiger partial charge in [-0.25, -0.2) is 9.69 Å². The van der Waals surface area contributed by atoms with E-state index < -0.39 is 42.5 Å². The maximum Gasteiger partial charge on any atom is 0.416 e. The Kier molecular flexibility index (Phi) is 7.44. The highest BCUT2D eigenvalue weighted by atomic mass is 16.6. The Labute approximate surface area is 169 Å². The molecule has 9 heteroatoms. The lowest BCUT2D eigenvalue weighted by atomic mass is 9.90. The summed E-state index contributed by atoms with van der Waals surface area (Å²) >= 11 is 0. The quantitative estimate of drug-likeness (QED) is 0.648. The average Bonchev–Trinajstić information content (AvgIpc) is 3.11. The van der Waals surface area contributed by atoms with Crippen LogP contribution in [-0.2, 0) is 19.1 Å². The highest BCUT2D eigenvalue weighted by molar-refractivity contribution is 5.96. The van der Waals surface area contributed by atoms with Crippen LogP contribution in [0.4, 0.5) is 4.79 Å². The van der Waals surface area contributed by atoms with Crippen LogP contribution >= 0.6 is 0 Å². The molecular formula is C20H27NO8. The Bertz CT molecular complexity index is 763. The lowest BCUT2D eigenvalue weighted by Crippen LogP contribution is -2.46. The zero-order chi connectivity index (χ0) is 21.7. The zero-order valence-electron chi connectivity index (χ0n) is 17.2. The normalized spacial score (nSPS) is 18.2. The maximum atomic E-state index is 13.2. The summed E-state index contributed by atoms with van der Waals surface area (Å²) in [6, 6.07) is 4.18. The molecule has 0 spiro atoms. The Morgan fingerprint density at radius 2 is 1.86 bits per heavy atom. The van der Waals surface area contributed by atoms with Crippen LogP contribution in [-0.4, -0.2) is 62.0 Å². The molecule has 0 saturated carbocycles. The fourth-order valence-electron chi connectivity index (χ4n) is 3.22. The predicted octanol–water partition coefficient (Wildman–Crippen LogP) is 1.92. The van der Waals surface area contributed by atoms with Crippen molar-refractivity contribution in [3.8, 4) is 11.5 Å². The number of imide groups is 1. The molecule has 1 N–H and O–H groups in total. The van der Waals surface area contributed by atoms with Gasteiger partial charge in [0.1, 0.15) is 6.61 Å². The number of carbonyl (C=O) groups excluding carboxylic acids is 3. The van der Waals surface area contributed by atoms with Crippen LogP contribution in [0.15, 0.2) is 18.2 Å². The Balaban J connectivity index is 2.40. The highest BCUT2D eigenvalue weighted by Crippen LogP contribution is 2.35. The lowest BCUT2D eigenvalue weighted by molar-refractivity contribution is -0.149. The van der Waals surface area contributed by atoms with Crippen LogP contribution in [0, 0.1) is 11.8 Å². The van der Waals surface area contributed by atoms with Gasteiger partial charge in [0.15, 0.2) is 11.5 Å². The summed E-state index contributed by atoms with van der Waals surface area (Å²) in [5, 5.41) is 10.9. The van der Waals surface area contributed by atoms with Gasteiger partial charge in [-0.05, 0) is 23.6 Å².